The number of benzene rings is 1. The maximum Gasteiger partial charge on any atom is 0.238 e. The van der Waals surface area contributed by atoms with Gasteiger partial charge < -0.3 is 10.6 Å². The maximum absolute atomic E-state index is 14.0. The van der Waals surface area contributed by atoms with Crippen LogP contribution in [0.25, 0.3) is 0 Å². The van der Waals surface area contributed by atoms with Crippen molar-refractivity contribution in [3.63, 3.8) is 0 Å². The molecule has 0 aromatic heterocycles. The van der Waals surface area contributed by atoms with Gasteiger partial charge in [-0.25, -0.2) is 21.6 Å². The molecule has 5 nitrogen and oxygen atoms in total. The third kappa shape index (κ3) is 4.62. The van der Waals surface area contributed by atoms with E-state index in [9.17, 15) is 26.4 Å². The van der Waals surface area contributed by atoms with E-state index in [1.807, 2.05) is 0 Å². The number of carbonyl (C=O) groups excluding carboxylic acids is 1. The Morgan fingerprint density at radius 3 is 2.19 bits per heavy atom. The Balaban J connectivity index is 1.39. The smallest absolute Gasteiger partial charge is 0.238 e. The SMILES string of the molecule is NC(Cc1cc(F)c(F)cc1F)[C@@H]1C[C@H]2CC[C@@H](C1)N2C(=O)CS(=O)(=O)C1CCCC1. The van der Waals surface area contributed by atoms with E-state index < -0.39 is 44.3 Å². The van der Waals surface area contributed by atoms with Crippen molar-refractivity contribution in [2.75, 3.05) is 5.75 Å². The number of halogens is 3. The van der Waals surface area contributed by atoms with E-state index in [1.165, 1.54) is 0 Å². The summed E-state index contributed by atoms with van der Waals surface area (Å²) in [5, 5.41) is -0.397. The molecule has 2 bridgehead atoms. The second-order valence-electron chi connectivity index (χ2n) is 9.36. The molecule has 2 N–H and O–H groups in total. The van der Waals surface area contributed by atoms with E-state index in [4.69, 9.17) is 5.73 Å². The topological polar surface area (TPSA) is 80.5 Å². The highest BCUT2D eigenvalue weighted by Crippen LogP contribution is 2.40. The predicted octanol–water partition coefficient (Wildman–Crippen LogP) is 3.10. The molecule has 2 saturated heterocycles. The van der Waals surface area contributed by atoms with Crippen LogP contribution in [0.4, 0.5) is 13.2 Å². The molecule has 1 amide bonds. The highest BCUT2D eigenvalue weighted by molar-refractivity contribution is 7.92. The van der Waals surface area contributed by atoms with Crippen LogP contribution < -0.4 is 5.73 Å². The average molecular weight is 459 g/mol. The fraction of sp³-hybridized carbons (Fsp3) is 0.682. The number of hydrogen-bond donors (Lipinski definition) is 1. The molecule has 0 radical (unpaired) electrons. The molecule has 3 aliphatic rings. The molecular formula is C22H29F3N2O3S. The highest BCUT2D eigenvalue weighted by atomic mass is 32.2. The van der Waals surface area contributed by atoms with Gasteiger partial charge in [0.15, 0.2) is 21.5 Å². The molecule has 1 aromatic rings. The van der Waals surface area contributed by atoms with Crippen molar-refractivity contribution in [2.45, 2.75) is 81.2 Å². The van der Waals surface area contributed by atoms with Gasteiger partial charge in [-0.1, -0.05) is 12.8 Å². The second kappa shape index (κ2) is 8.73. The van der Waals surface area contributed by atoms with Gasteiger partial charge >= 0.3 is 0 Å². The van der Waals surface area contributed by atoms with Crippen molar-refractivity contribution >= 4 is 15.7 Å². The fourth-order valence-corrected chi connectivity index (χ4v) is 7.51. The molecular weight excluding hydrogens is 429 g/mol. The fourth-order valence-electron chi connectivity index (χ4n) is 5.73. The van der Waals surface area contributed by atoms with Gasteiger partial charge in [-0.2, -0.15) is 0 Å². The van der Waals surface area contributed by atoms with Crippen molar-refractivity contribution in [1.82, 2.24) is 4.90 Å². The number of amides is 1. The Hall–Kier alpha value is -1.61. The zero-order valence-corrected chi connectivity index (χ0v) is 18.2. The zero-order chi connectivity index (χ0) is 22.3. The number of fused-ring (bicyclic) bond motifs is 2. The van der Waals surface area contributed by atoms with E-state index in [0.29, 0.717) is 31.7 Å². The summed E-state index contributed by atoms with van der Waals surface area (Å²) < 4.78 is 65.9. The molecule has 2 heterocycles. The van der Waals surface area contributed by atoms with Gasteiger partial charge in [-0.05, 0) is 62.5 Å². The van der Waals surface area contributed by atoms with E-state index in [-0.39, 0.29) is 35.9 Å². The Labute approximate surface area is 181 Å². The molecule has 1 aliphatic carbocycles. The lowest BCUT2D eigenvalue weighted by molar-refractivity contribution is -0.133. The minimum absolute atomic E-state index is 0.000466. The van der Waals surface area contributed by atoms with Gasteiger partial charge in [0.1, 0.15) is 11.6 Å². The molecule has 1 unspecified atom stereocenters. The summed E-state index contributed by atoms with van der Waals surface area (Å²) in [6.07, 6.45) is 5.95. The molecule has 1 saturated carbocycles. The quantitative estimate of drug-likeness (QED) is 0.665. The first-order chi connectivity index (χ1) is 14.7. The third-order valence-corrected chi connectivity index (χ3v) is 9.48. The summed E-state index contributed by atoms with van der Waals surface area (Å²) in [6.45, 7) is 0. The number of rotatable bonds is 6. The first-order valence-electron chi connectivity index (χ1n) is 11.1. The Kier molecular flexibility index (Phi) is 6.36. The van der Waals surface area contributed by atoms with E-state index >= 15 is 0 Å². The molecule has 0 spiro atoms. The first kappa shape index (κ1) is 22.6. The Morgan fingerprint density at radius 1 is 1.00 bits per heavy atom. The predicted molar refractivity (Wildman–Crippen MR) is 110 cm³/mol. The Morgan fingerprint density at radius 2 is 1.58 bits per heavy atom. The number of carbonyl (C=O) groups is 1. The lowest BCUT2D eigenvalue weighted by Crippen LogP contribution is -2.52. The van der Waals surface area contributed by atoms with Crippen LogP contribution in [-0.2, 0) is 21.1 Å². The standard InChI is InChI=1S/C22H29F3N2O3S/c23-18-11-20(25)19(24)9-13(18)10-21(26)14-7-15-5-6-16(8-14)27(15)22(28)12-31(29,30)17-3-1-2-4-17/h9,11,14-17,21H,1-8,10,12,26H2/t14-,15-,16+,21?. The van der Waals surface area contributed by atoms with Crippen LogP contribution >= 0.6 is 0 Å². The third-order valence-electron chi connectivity index (χ3n) is 7.34. The Bertz CT molecular complexity index is 936. The second-order valence-corrected chi connectivity index (χ2v) is 11.6. The summed E-state index contributed by atoms with van der Waals surface area (Å²) in [5.74, 6) is -3.90. The van der Waals surface area contributed by atoms with Crippen LogP contribution in [0.1, 0.15) is 56.9 Å². The minimum atomic E-state index is -3.43. The highest BCUT2D eigenvalue weighted by Gasteiger charge is 2.45. The summed E-state index contributed by atoms with van der Waals surface area (Å²) in [6, 6.07) is 0.785. The number of nitrogens with zero attached hydrogens (tertiary/aromatic N) is 1. The summed E-state index contributed by atoms with van der Waals surface area (Å²) >= 11 is 0. The van der Waals surface area contributed by atoms with Crippen molar-refractivity contribution in [2.24, 2.45) is 11.7 Å². The van der Waals surface area contributed by atoms with Gasteiger partial charge in [-0.15, -0.1) is 0 Å². The van der Waals surface area contributed by atoms with Crippen LogP contribution in [0.2, 0.25) is 0 Å². The maximum atomic E-state index is 14.0. The number of hydrogen-bond acceptors (Lipinski definition) is 4. The average Bonchev–Trinajstić information content (AvgIpc) is 3.33. The van der Waals surface area contributed by atoms with Gasteiger partial charge in [0.25, 0.3) is 0 Å². The van der Waals surface area contributed by atoms with E-state index in [2.05, 4.69) is 0 Å². The monoisotopic (exact) mass is 458 g/mol. The van der Waals surface area contributed by atoms with Crippen LogP contribution in [0, 0.1) is 23.4 Å². The van der Waals surface area contributed by atoms with Crippen LogP contribution in [0.5, 0.6) is 0 Å². The summed E-state index contributed by atoms with van der Waals surface area (Å²) in [7, 11) is -3.43. The molecule has 4 atom stereocenters. The lowest BCUT2D eigenvalue weighted by Gasteiger charge is -2.41. The van der Waals surface area contributed by atoms with Crippen molar-refractivity contribution < 1.29 is 26.4 Å². The normalized spacial score (nSPS) is 27.6. The zero-order valence-electron chi connectivity index (χ0n) is 17.4. The largest absolute Gasteiger partial charge is 0.336 e. The first-order valence-corrected chi connectivity index (χ1v) is 12.8. The van der Waals surface area contributed by atoms with Gasteiger partial charge in [0, 0.05) is 24.2 Å². The summed E-state index contributed by atoms with van der Waals surface area (Å²) in [5.41, 5.74) is 6.36. The molecule has 4 rings (SSSR count). The van der Waals surface area contributed by atoms with E-state index in [0.717, 1.165) is 31.7 Å². The number of sulfone groups is 1. The molecule has 172 valence electrons. The molecule has 1 aromatic carbocycles. The van der Waals surface area contributed by atoms with Crippen molar-refractivity contribution in [1.29, 1.82) is 0 Å². The molecule has 31 heavy (non-hydrogen) atoms. The van der Waals surface area contributed by atoms with Crippen LogP contribution in [-0.4, -0.2) is 48.4 Å². The lowest BCUT2D eigenvalue weighted by atomic mass is 9.82. The molecule has 3 fully saturated rings. The van der Waals surface area contributed by atoms with Crippen molar-refractivity contribution in [3.8, 4) is 0 Å². The van der Waals surface area contributed by atoms with Crippen LogP contribution in [0.3, 0.4) is 0 Å². The van der Waals surface area contributed by atoms with Gasteiger partial charge in [-0.3, -0.25) is 4.79 Å². The summed E-state index contributed by atoms with van der Waals surface area (Å²) in [4.78, 5) is 14.6. The van der Waals surface area contributed by atoms with Gasteiger partial charge in [0.2, 0.25) is 5.91 Å². The van der Waals surface area contributed by atoms with Gasteiger partial charge in [0.05, 0.1) is 5.25 Å². The van der Waals surface area contributed by atoms with E-state index in [1.54, 1.807) is 4.90 Å². The number of nitrogens with two attached hydrogens (primary N) is 1. The van der Waals surface area contributed by atoms with Crippen molar-refractivity contribution in [3.05, 3.63) is 35.1 Å². The number of piperidine rings is 1. The van der Waals surface area contributed by atoms with Crippen LogP contribution in [0.15, 0.2) is 12.1 Å². The minimum Gasteiger partial charge on any atom is -0.336 e. The molecule has 2 aliphatic heterocycles. The molecule has 9 heteroatoms.